The van der Waals surface area contributed by atoms with E-state index in [-0.39, 0.29) is 82.9 Å². The molecule has 4 aromatic rings. The molecular formula is C55H68N8O7. The van der Waals surface area contributed by atoms with Gasteiger partial charge >= 0.3 is 0 Å². The molecule has 0 spiro atoms. The van der Waals surface area contributed by atoms with Crippen LogP contribution in [0.5, 0.6) is 11.5 Å². The lowest BCUT2D eigenvalue weighted by Gasteiger charge is -2.32. The molecule has 1 aromatic heterocycles. The fourth-order valence-corrected chi connectivity index (χ4v) is 10.7. The van der Waals surface area contributed by atoms with E-state index in [0.717, 1.165) is 11.5 Å². The molecule has 370 valence electrons. The fourth-order valence-electron chi connectivity index (χ4n) is 10.7. The van der Waals surface area contributed by atoms with Crippen molar-refractivity contribution in [3.8, 4) is 40.1 Å². The standard InChI is InChI=1S/C55H68N8O7/c1-33-28-47(66)51(38-14-18-49(70-27-25-59)43(31-38)42-29-36(11-17-48(42)69-26-24-58)30-44(62-53(33)67)45(64)10-7-22-56)63(4)54(68)39(19-23-57)32-46(65)50-34(2)60-52(61-35(50)3)37-12-15-41(16-13-37)55(20-21-55)40-8-5-6-9-40/h11-18,29,31,33,39-40,44,51H,5-10,19-21,23-28,30,32,57-59H2,1-4H3,(H,62,67)/t33-,39-,44+,51+/m1/s1. The van der Waals surface area contributed by atoms with Gasteiger partial charge in [-0.3, -0.25) is 24.0 Å². The van der Waals surface area contributed by atoms with Gasteiger partial charge in [0.1, 0.15) is 30.8 Å². The summed E-state index contributed by atoms with van der Waals surface area (Å²) >= 11 is 0. The van der Waals surface area contributed by atoms with E-state index in [2.05, 4.69) is 29.6 Å². The number of aromatic nitrogens is 2. The summed E-state index contributed by atoms with van der Waals surface area (Å²) in [6.45, 7) is 6.02. The van der Waals surface area contributed by atoms with E-state index in [0.29, 0.717) is 61.9 Å². The number of rotatable bonds is 19. The monoisotopic (exact) mass is 953 g/mol. The number of fused-ring (bicyclic) bond motifs is 5. The second-order valence-electron chi connectivity index (χ2n) is 19.4. The Balaban J connectivity index is 1.21. The Bertz CT molecular complexity index is 2590. The summed E-state index contributed by atoms with van der Waals surface area (Å²) < 4.78 is 12.3. The van der Waals surface area contributed by atoms with Crippen molar-refractivity contribution in [3.05, 3.63) is 94.3 Å². The van der Waals surface area contributed by atoms with Gasteiger partial charge in [-0.25, -0.2) is 9.97 Å². The molecule has 2 saturated carbocycles. The minimum absolute atomic E-state index is 0.0291. The molecule has 70 heavy (non-hydrogen) atoms. The van der Waals surface area contributed by atoms with Crippen molar-refractivity contribution in [1.82, 2.24) is 20.2 Å². The van der Waals surface area contributed by atoms with Crippen LogP contribution in [0.3, 0.4) is 0 Å². The Hall–Kier alpha value is -6.34. The zero-order valence-electron chi connectivity index (χ0n) is 41.1. The van der Waals surface area contributed by atoms with Crippen LogP contribution in [0.25, 0.3) is 22.5 Å². The molecule has 3 aromatic carbocycles. The fraction of sp³-hybridized carbons (Fsp3) is 0.491. The maximum Gasteiger partial charge on any atom is 0.226 e. The van der Waals surface area contributed by atoms with Crippen molar-refractivity contribution in [2.45, 2.75) is 115 Å². The highest BCUT2D eigenvalue weighted by atomic mass is 16.5. The molecule has 2 heterocycles. The number of hydrogen-bond donors (Lipinski definition) is 4. The number of aryl methyl sites for hydroxylation is 2. The Labute approximate surface area is 411 Å². The van der Waals surface area contributed by atoms with Crippen molar-refractivity contribution in [2.24, 2.45) is 35.0 Å². The number of benzene rings is 3. The largest absolute Gasteiger partial charge is 0.492 e. The number of nitriles is 1. The van der Waals surface area contributed by atoms with Crippen molar-refractivity contribution >= 4 is 29.2 Å². The van der Waals surface area contributed by atoms with Gasteiger partial charge < -0.3 is 36.9 Å². The van der Waals surface area contributed by atoms with E-state index in [1.54, 1.807) is 51.1 Å². The molecule has 3 aliphatic rings. The van der Waals surface area contributed by atoms with Crippen LogP contribution in [0.1, 0.15) is 122 Å². The van der Waals surface area contributed by atoms with Gasteiger partial charge in [0, 0.05) is 74.3 Å². The molecule has 2 aliphatic carbocycles. The quantitative estimate of drug-likeness (QED) is 0.0728. The third-order valence-corrected chi connectivity index (χ3v) is 14.5. The average molecular weight is 953 g/mol. The average Bonchev–Trinajstić information content (AvgIpc) is 3.97. The molecule has 4 bridgehead atoms. The van der Waals surface area contributed by atoms with Crippen molar-refractivity contribution in [2.75, 3.05) is 39.9 Å². The van der Waals surface area contributed by atoms with Crippen LogP contribution in [0.4, 0.5) is 0 Å². The zero-order chi connectivity index (χ0) is 50.1. The Morgan fingerprint density at radius 2 is 1.50 bits per heavy atom. The lowest BCUT2D eigenvalue weighted by Crippen LogP contribution is -2.46. The molecule has 2 amide bonds. The Morgan fingerprint density at radius 1 is 0.871 bits per heavy atom. The highest BCUT2D eigenvalue weighted by Crippen LogP contribution is 2.58. The van der Waals surface area contributed by atoms with E-state index in [1.807, 2.05) is 12.1 Å². The summed E-state index contributed by atoms with van der Waals surface area (Å²) in [5, 5.41) is 12.1. The van der Waals surface area contributed by atoms with Crippen LogP contribution in [-0.4, -0.2) is 90.0 Å². The Kier molecular flexibility index (Phi) is 17.0. The first kappa shape index (κ1) is 51.5. The van der Waals surface area contributed by atoms with Gasteiger partial charge in [-0.05, 0) is 111 Å². The number of ketones is 3. The number of nitrogens with two attached hydrogens (primary N) is 3. The smallest absolute Gasteiger partial charge is 0.226 e. The predicted octanol–water partition coefficient (Wildman–Crippen LogP) is 6.57. The third kappa shape index (κ3) is 11.5. The molecule has 0 radical (unpaired) electrons. The summed E-state index contributed by atoms with van der Waals surface area (Å²) in [6, 6.07) is 18.9. The van der Waals surface area contributed by atoms with Gasteiger partial charge in [0.05, 0.1) is 29.1 Å². The van der Waals surface area contributed by atoms with Gasteiger partial charge in [0.15, 0.2) is 23.2 Å². The summed E-state index contributed by atoms with van der Waals surface area (Å²) in [5.74, 6) is -1.82. The maximum absolute atomic E-state index is 14.9. The number of carbonyl (C=O) groups is 5. The molecule has 15 nitrogen and oxygen atoms in total. The maximum atomic E-state index is 14.9. The Morgan fingerprint density at radius 3 is 2.10 bits per heavy atom. The molecular weight excluding hydrogens is 885 g/mol. The van der Waals surface area contributed by atoms with E-state index in [9.17, 15) is 29.2 Å². The van der Waals surface area contributed by atoms with Gasteiger partial charge in [-0.1, -0.05) is 56.2 Å². The van der Waals surface area contributed by atoms with Crippen LogP contribution in [0, 0.1) is 42.9 Å². The molecule has 0 saturated heterocycles. The van der Waals surface area contributed by atoms with E-state index in [1.165, 1.54) is 56.0 Å². The number of nitrogens with one attached hydrogen (secondary N) is 1. The third-order valence-electron chi connectivity index (χ3n) is 14.5. The number of likely N-dealkylation sites (N-methyl/N-ethyl adjacent to an activating group) is 1. The molecule has 2 fully saturated rings. The van der Waals surface area contributed by atoms with Crippen molar-refractivity contribution < 1.29 is 33.4 Å². The van der Waals surface area contributed by atoms with Crippen LogP contribution in [0.15, 0.2) is 60.7 Å². The number of Topliss-reactive ketones (excluding diaryl/α,β-unsaturated/α-hetero) is 3. The lowest BCUT2D eigenvalue weighted by atomic mass is 9.81. The molecule has 15 heteroatoms. The van der Waals surface area contributed by atoms with Gasteiger partial charge in [-0.2, -0.15) is 5.26 Å². The predicted molar refractivity (Wildman–Crippen MR) is 267 cm³/mol. The highest BCUT2D eigenvalue weighted by molar-refractivity contribution is 6.01. The van der Waals surface area contributed by atoms with Crippen molar-refractivity contribution in [3.63, 3.8) is 0 Å². The first-order valence-electron chi connectivity index (χ1n) is 24.8. The van der Waals surface area contributed by atoms with E-state index < -0.39 is 41.5 Å². The van der Waals surface area contributed by atoms with E-state index >= 15 is 0 Å². The molecule has 1 aliphatic heterocycles. The van der Waals surface area contributed by atoms with Crippen molar-refractivity contribution in [1.29, 1.82) is 5.26 Å². The summed E-state index contributed by atoms with van der Waals surface area (Å²) in [5.41, 5.74) is 23.9. The minimum atomic E-state index is -1.24. The van der Waals surface area contributed by atoms with Crippen LogP contribution >= 0.6 is 0 Å². The first-order valence-corrected chi connectivity index (χ1v) is 24.8. The number of ether oxygens (including phenoxy) is 2. The second-order valence-corrected chi connectivity index (χ2v) is 19.4. The summed E-state index contributed by atoms with van der Waals surface area (Å²) in [6.07, 6.45) is 7.32. The zero-order valence-corrected chi connectivity index (χ0v) is 41.1. The number of nitrogens with zero attached hydrogens (tertiary/aromatic N) is 4. The number of hydrogen-bond acceptors (Lipinski definition) is 13. The normalized spacial score (nSPS) is 19.3. The van der Waals surface area contributed by atoms with Gasteiger partial charge in [-0.15, -0.1) is 0 Å². The number of amides is 2. The molecule has 7 N–H and O–H groups in total. The minimum Gasteiger partial charge on any atom is -0.492 e. The van der Waals surface area contributed by atoms with Crippen LogP contribution < -0.4 is 32.0 Å². The van der Waals surface area contributed by atoms with Gasteiger partial charge in [0.2, 0.25) is 11.8 Å². The highest BCUT2D eigenvalue weighted by Gasteiger charge is 2.50. The summed E-state index contributed by atoms with van der Waals surface area (Å²) in [7, 11) is 1.52. The first-order chi connectivity index (χ1) is 33.7. The SMILES string of the molecule is Cc1nc(-c2ccc(C3(C4CCCC4)CC3)cc2)nc(C)c1C(=O)C[C@@H](CCN)C(=O)N(C)[C@@H]1C(=O)C[C@@H](C)C(=O)N[C@H](C(=O)CCC#N)Cc2ccc(OCCN)c(c2)-c2cc1ccc2OCCN. The van der Waals surface area contributed by atoms with Crippen LogP contribution in [-0.2, 0) is 31.0 Å². The number of carbonyl (C=O) groups excluding carboxylic acids is 5. The lowest BCUT2D eigenvalue weighted by molar-refractivity contribution is -0.142. The molecule has 7 rings (SSSR count). The second kappa shape index (κ2) is 23.1. The topological polar surface area (TPSA) is 247 Å². The van der Waals surface area contributed by atoms with Gasteiger partial charge in [0.25, 0.3) is 0 Å². The summed E-state index contributed by atoms with van der Waals surface area (Å²) in [4.78, 5) is 82.4. The van der Waals surface area contributed by atoms with E-state index in [4.69, 9.17) is 36.6 Å². The molecule has 4 atom stereocenters. The molecule has 0 unspecified atom stereocenters. The van der Waals surface area contributed by atoms with Crippen LogP contribution in [0.2, 0.25) is 0 Å².